The smallest absolute Gasteiger partial charge is 0.416 e. The molecule has 0 saturated heterocycles. The highest BCUT2D eigenvalue weighted by Crippen LogP contribution is 2.44. The lowest BCUT2D eigenvalue weighted by Crippen LogP contribution is -3.00. The number of ether oxygens (including phenoxy) is 1. The van der Waals surface area contributed by atoms with Gasteiger partial charge in [0.2, 0.25) is 5.95 Å². The van der Waals surface area contributed by atoms with E-state index < -0.39 is 29.4 Å². The molecule has 1 aliphatic heterocycles. The molecule has 1 aliphatic rings. The molecule has 234 valence electrons. The third kappa shape index (κ3) is 6.57. The number of methoxy groups -OCH3 is 1. The van der Waals surface area contributed by atoms with Crippen molar-refractivity contribution in [3.05, 3.63) is 122 Å². The van der Waals surface area contributed by atoms with E-state index >= 15 is 0 Å². The fourth-order valence-corrected chi connectivity index (χ4v) is 5.75. The molecule has 4 aromatic rings. The zero-order chi connectivity index (χ0) is 31.8. The number of esters is 1. The number of alkyl halides is 3. The second-order valence-corrected chi connectivity index (χ2v) is 11.2. The van der Waals surface area contributed by atoms with E-state index in [1.54, 1.807) is 25.1 Å². The van der Waals surface area contributed by atoms with Crippen LogP contribution < -0.4 is 27.6 Å². The molecule has 45 heavy (non-hydrogen) atoms. The van der Waals surface area contributed by atoms with Gasteiger partial charge in [0.05, 0.1) is 44.0 Å². The van der Waals surface area contributed by atoms with Gasteiger partial charge in [-0.2, -0.15) is 18.4 Å². The van der Waals surface area contributed by atoms with Crippen LogP contribution in [0.3, 0.4) is 0 Å². The number of H-pyrrole nitrogens is 1. The Morgan fingerprint density at radius 2 is 1.78 bits per heavy atom. The average molecular weight is 684 g/mol. The van der Waals surface area contributed by atoms with E-state index in [1.807, 2.05) is 44.4 Å². The maximum absolute atomic E-state index is 13.6. The largest absolute Gasteiger partial charge is 1.00 e. The molecule has 0 amide bonds. The number of benzene rings is 3. The van der Waals surface area contributed by atoms with E-state index in [9.17, 15) is 28.0 Å². The van der Waals surface area contributed by atoms with Crippen LogP contribution in [-0.2, 0) is 28.8 Å². The molecule has 0 spiro atoms. The van der Waals surface area contributed by atoms with Crippen molar-refractivity contribution in [3.8, 4) is 6.07 Å². The number of nitrogens with one attached hydrogen (secondary N) is 1. The number of hydrogen-bond acceptors (Lipinski definition) is 6. The fraction of sp³-hybridized carbons (Fsp3) is 0.250. The van der Waals surface area contributed by atoms with Crippen molar-refractivity contribution in [2.75, 3.05) is 26.1 Å². The molecular formula is C32H30BrF3N6O3. The van der Waals surface area contributed by atoms with E-state index in [0.717, 1.165) is 17.7 Å². The Morgan fingerprint density at radius 1 is 1.07 bits per heavy atom. The number of allylic oxidation sites excluding steroid dienone is 1. The number of rotatable bonds is 7. The van der Waals surface area contributed by atoms with Crippen LogP contribution in [0.2, 0.25) is 0 Å². The number of carbonyl (C=O) groups excluding carboxylic acids is 1. The first-order chi connectivity index (χ1) is 20.8. The van der Waals surface area contributed by atoms with Crippen molar-refractivity contribution in [2.24, 2.45) is 0 Å². The Kier molecular flexibility index (Phi) is 9.41. The van der Waals surface area contributed by atoms with Gasteiger partial charge in [-0.1, -0.05) is 42.5 Å². The van der Waals surface area contributed by atoms with E-state index in [2.05, 4.69) is 16.3 Å². The highest BCUT2D eigenvalue weighted by atomic mass is 79.9. The zero-order valence-electron chi connectivity index (χ0n) is 24.9. The molecule has 1 atom stereocenters. The normalized spacial score (nSPS) is 14.8. The number of carbonyl (C=O) groups is 1. The van der Waals surface area contributed by atoms with Crippen LogP contribution in [0.4, 0.5) is 24.8 Å². The maximum atomic E-state index is 13.6. The van der Waals surface area contributed by atoms with Gasteiger partial charge in [0.15, 0.2) is 0 Å². The highest BCUT2D eigenvalue weighted by Gasteiger charge is 2.41. The number of fused-ring (bicyclic) bond motifs is 1. The molecule has 2 heterocycles. The molecule has 1 N–H and O–H groups in total. The Labute approximate surface area is 268 Å². The number of nitrogens with zero attached hydrogens (tertiary/aromatic N) is 5. The highest BCUT2D eigenvalue weighted by molar-refractivity contribution is 5.93. The number of quaternary nitrogens is 1. The van der Waals surface area contributed by atoms with Gasteiger partial charge < -0.3 is 26.2 Å². The number of hydrogen-bond donors (Lipinski definition) is 1. The maximum Gasteiger partial charge on any atom is 0.416 e. The lowest BCUT2D eigenvalue weighted by molar-refractivity contribution is -0.916. The monoisotopic (exact) mass is 682 g/mol. The van der Waals surface area contributed by atoms with E-state index in [0.29, 0.717) is 34.3 Å². The molecule has 1 aromatic heterocycles. The van der Waals surface area contributed by atoms with E-state index in [1.165, 1.54) is 28.7 Å². The van der Waals surface area contributed by atoms with Gasteiger partial charge in [0.25, 0.3) is 0 Å². The SMILES string of the molecule is COC(=O)C1=C(C)N(c2cccc(C(F)(F)F)c2)c2n[nH]c(=O)n2[C@@H]1c1ccc(C#N)cc1C[N+](C)(C)Cc1ccccc1.[Br-]. The number of anilines is 2. The molecule has 0 aliphatic carbocycles. The number of nitriles is 1. The molecule has 0 fully saturated rings. The predicted molar refractivity (Wildman–Crippen MR) is 156 cm³/mol. The summed E-state index contributed by atoms with van der Waals surface area (Å²) < 4.78 is 47.8. The summed E-state index contributed by atoms with van der Waals surface area (Å²) in [6.07, 6.45) is -4.62. The van der Waals surface area contributed by atoms with Crippen LogP contribution in [0, 0.1) is 11.3 Å². The summed E-state index contributed by atoms with van der Waals surface area (Å²) in [5.74, 6) is -0.769. The quantitative estimate of drug-likeness (QED) is 0.237. The third-order valence-corrected chi connectivity index (χ3v) is 7.60. The molecule has 0 unspecified atom stereocenters. The van der Waals surface area contributed by atoms with Gasteiger partial charge in [0, 0.05) is 22.5 Å². The van der Waals surface area contributed by atoms with Crippen LogP contribution in [0.1, 0.15) is 40.8 Å². The standard InChI is InChI=1S/C32H29F3N6O3.BrH/c1-20-27(29(42)44-4)28(40-30(37-38-31(40)43)39(20)25-12-8-11-24(16-25)32(33,34)35)26-14-13-22(17-36)15-23(26)19-41(2,3)18-21-9-6-5-7-10-21;/h5-16,28H,18-19H2,1-4H3;1H/t28-;/m1./s1. The van der Waals surface area contributed by atoms with Crippen molar-refractivity contribution in [1.82, 2.24) is 14.8 Å². The predicted octanol–water partition coefficient (Wildman–Crippen LogP) is 2.43. The van der Waals surface area contributed by atoms with Crippen molar-refractivity contribution in [1.29, 1.82) is 5.26 Å². The second kappa shape index (κ2) is 12.7. The topological polar surface area (TPSA) is 104 Å². The lowest BCUT2D eigenvalue weighted by atomic mass is 9.89. The summed E-state index contributed by atoms with van der Waals surface area (Å²) in [4.78, 5) is 28.2. The number of aromatic nitrogens is 3. The molecule has 0 radical (unpaired) electrons. The van der Waals surface area contributed by atoms with Crippen LogP contribution in [0.15, 0.2) is 88.9 Å². The van der Waals surface area contributed by atoms with Crippen molar-refractivity contribution in [3.63, 3.8) is 0 Å². The third-order valence-electron chi connectivity index (χ3n) is 7.60. The minimum absolute atomic E-state index is 0. The summed E-state index contributed by atoms with van der Waals surface area (Å²) in [5, 5.41) is 16.3. The van der Waals surface area contributed by atoms with Crippen molar-refractivity contribution < 1.29 is 44.2 Å². The van der Waals surface area contributed by atoms with E-state index in [4.69, 9.17) is 4.74 Å². The minimum Gasteiger partial charge on any atom is -1.00 e. The number of aromatic amines is 1. The summed E-state index contributed by atoms with van der Waals surface area (Å²) in [6, 6.07) is 20.6. The Balaban J connectivity index is 0.00000461. The summed E-state index contributed by atoms with van der Waals surface area (Å²) in [7, 11) is 5.26. The average Bonchev–Trinajstić information content (AvgIpc) is 3.36. The lowest BCUT2D eigenvalue weighted by Gasteiger charge is -2.37. The first-order valence-corrected chi connectivity index (χ1v) is 13.7. The number of halogens is 4. The zero-order valence-corrected chi connectivity index (χ0v) is 26.5. The molecule has 0 saturated carbocycles. The van der Waals surface area contributed by atoms with Gasteiger partial charge in [-0.25, -0.2) is 19.3 Å². The van der Waals surface area contributed by atoms with Crippen LogP contribution >= 0.6 is 0 Å². The van der Waals surface area contributed by atoms with E-state index in [-0.39, 0.29) is 39.9 Å². The molecular weight excluding hydrogens is 653 g/mol. The molecule has 5 rings (SSSR count). The van der Waals surface area contributed by atoms with Gasteiger partial charge >= 0.3 is 17.8 Å². The molecule has 3 aromatic carbocycles. The Morgan fingerprint density at radius 3 is 2.42 bits per heavy atom. The Bertz CT molecular complexity index is 1860. The summed E-state index contributed by atoms with van der Waals surface area (Å²) in [5.41, 5.74) is 1.51. The van der Waals surface area contributed by atoms with Gasteiger partial charge in [-0.05, 0) is 42.8 Å². The van der Waals surface area contributed by atoms with Crippen LogP contribution in [-0.4, -0.2) is 46.4 Å². The van der Waals surface area contributed by atoms with Gasteiger partial charge in [-0.15, -0.1) is 5.10 Å². The van der Waals surface area contributed by atoms with Crippen LogP contribution in [0.5, 0.6) is 0 Å². The van der Waals surface area contributed by atoms with Gasteiger partial charge in [-0.3, -0.25) is 4.90 Å². The first-order valence-electron chi connectivity index (χ1n) is 13.7. The van der Waals surface area contributed by atoms with Gasteiger partial charge in [0.1, 0.15) is 19.1 Å². The summed E-state index contributed by atoms with van der Waals surface area (Å²) >= 11 is 0. The summed E-state index contributed by atoms with van der Waals surface area (Å²) in [6.45, 7) is 2.64. The fourth-order valence-electron chi connectivity index (χ4n) is 5.75. The minimum atomic E-state index is -4.62. The van der Waals surface area contributed by atoms with Crippen molar-refractivity contribution >= 4 is 17.6 Å². The second-order valence-electron chi connectivity index (χ2n) is 11.2. The molecule has 0 bridgehead atoms. The molecule has 9 nitrogen and oxygen atoms in total. The van der Waals surface area contributed by atoms with Crippen LogP contribution in [0.25, 0.3) is 0 Å². The Hall–Kier alpha value is -4.67. The molecule has 13 heteroatoms. The first kappa shape index (κ1) is 33.2. The van der Waals surface area contributed by atoms with Crippen molar-refractivity contribution in [2.45, 2.75) is 32.2 Å².